The van der Waals surface area contributed by atoms with Gasteiger partial charge in [0, 0.05) is 29.4 Å². The number of aryl methyl sites for hydroxylation is 2. The van der Waals surface area contributed by atoms with Crippen LogP contribution in [0.1, 0.15) is 5.56 Å². The maximum Gasteiger partial charge on any atom is 0.0568 e. The number of hydrogen-bond acceptors (Lipinski definition) is 1. The van der Waals surface area contributed by atoms with E-state index in [1.54, 1.807) is 4.68 Å². The number of aromatic nitrogens is 2. The Morgan fingerprint density at radius 3 is 2.79 bits per heavy atom. The third-order valence-electron chi connectivity index (χ3n) is 2.14. The van der Waals surface area contributed by atoms with Gasteiger partial charge >= 0.3 is 0 Å². The monoisotopic (exact) mass is 206 g/mol. The summed E-state index contributed by atoms with van der Waals surface area (Å²) in [5.74, 6) is 0. The van der Waals surface area contributed by atoms with Crippen molar-refractivity contribution in [3.05, 3.63) is 41.2 Å². The van der Waals surface area contributed by atoms with E-state index in [4.69, 9.17) is 11.6 Å². The van der Waals surface area contributed by atoms with Gasteiger partial charge in [0.05, 0.1) is 6.20 Å². The lowest BCUT2D eigenvalue weighted by molar-refractivity contribution is 0.768. The Labute approximate surface area is 88.1 Å². The molecule has 0 fully saturated rings. The minimum absolute atomic E-state index is 0.767. The molecule has 0 bridgehead atoms. The molecule has 1 aromatic heterocycles. The van der Waals surface area contributed by atoms with Crippen LogP contribution in [0.5, 0.6) is 0 Å². The maximum absolute atomic E-state index is 6.10. The van der Waals surface area contributed by atoms with Crippen molar-refractivity contribution >= 4 is 11.6 Å². The molecule has 14 heavy (non-hydrogen) atoms. The number of hydrogen-bond donors (Lipinski definition) is 0. The molecule has 72 valence electrons. The summed E-state index contributed by atoms with van der Waals surface area (Å²) in [6, 6.07) is 5.99. The average Bonchev–Trinajstić information content (AvgIpc) is 2.56. The van der Waals surface area contributed by atoms with E-state index in [9.17, 15) is 0 Å². The van der Waals surface area contributed by atoms with Crippen LogP contribution in [0.3, 0.4) is 0 Å². The number of nitrogens with zero attached hydrogens (tertiary/aromatic N) is 2. The van der Waals surface area contributed by atoms with Crippen molar-refractivity contribution < 1.29 is 0 Å². The molecule has 0 amide bonds. The standard InChI is InChI=1S/C11H11ClN2/c1-8-3-4-11(12)10(5-8)9-6-13-14(2)7-9/h3-7H,1-2H3. The second kappa shape index (κ2) is 3.46. The molecular weight excluding hydrogens is 196 g/mol. The predicted octanol–water partition coefficient (Wildman–Crippen LogP) is 3.05. The molecule has 0 aliphatic carbocycles. The SMILES string of the molecule is Cc1ccc(Cl)c(-c2cnn(C)c2)c1. The van der Waals surface area contributed by atoms with E-state index in [1.165, 1.54) is 5.56 Å². The molecule has 0 aliphatic heterocycles. The van der Waals surface area contributed by atoms with Gasteiger partial charge in [-0.05, 0) is 19.1 Å². The first kappa shape index (κ1) is 9.28. The van der Waals surface area contributed by atoms with E-state index in [2.05, 4.69) is 18.1 Å². The van der Waals surface area contributed by atoms with Crippen molar-refractivity contribution in [3.63, 3.8) is 0 Å². The second-order valence-electron chi connectivity index (χ2n) is 3.39. The van der Waals surface area contributed by atoms with Crippen LogP contribution in [0.4, 0.5) is 0 Å². The molecule has 1 heterocycles. The van der Waals surface area contributed by atoms with Crippen LogP contribution in [0.25, 0.3) is 11.1 Å². The van der Waals surface area contributed by atoms with Crippen molar-refractivity contribution in [2.24, 2.45) is 7.05 Å². The van der Waals surface area contributed by atoms with Crippen molar-refractivity contribution in [2.45, 2.75) is 6.92 Å². The first-order chi connectivity index (χ1) is 6.66. The summed E-state index contributed by atoms with van der Waals surface area (Å²) in [5, 5.41) is 4.89. The highest BCUT2D eigenvalue weighted by Crippen LogP contribution is 2.27. The highest BCUT2D eigenvalue weighted by Gasteiger charge is 2.04. The lowest BCUT2D eigenvalue weighted by atomic mass is 10.1. The molecule has 0 N–H and O–H groups in total. The topological polar surface area (TPSA) is 17.8 Å². The molecule has 3 heteroatoms. The second-order valence-corrected chi connectivity index (χ2v) is 3.79. The number of halogens is 1. The molecule has 1 aromatic carbocycles. The number of rotatable bonds is 1. The zero-order valence-corrected chi connectivity index (χ0v) is 8.92. The van der Waals surface area contributed by atoms with Gasteiger partial charge in [-0.15, -0.1) is 0 Å². The predicted molar refractivity (Wildman–Crippen MR) is 58.4 cm³/mol. The van der Waals surface area contributed by atoms with Crippen LogP contribution in [0, 0.1) is 6.92 Å². The largest absolute Gasteiger partial charge is 0.275 e. The lowest BCUT2D eigenvalue weighted by Crippen LogP contribution is -1.84. The van der Waals surface area contributed by atoms with Gasteiger partial charge in [0.15, 0.2) is 0 Å². The molecule has 0 spiro atoms. The van der Waals surface area contributed by atoms with Crippen LogP contribution in [-0.4, -0.2) is 9.78 Å². The fourth-order valence-electron chi connectivity index (χ4n) is 1.42. The third kappa shape index (κ3) is 1.66. The Morgan fingerprint density at radius 2 is 2.14 bits per heavy atom. The quantitative estimate of drug-likeness (QED) is 0.701. The van der Waals surface area contributed by atoms with Gasteiger partial charge in [-0.3, -0.25) is 4.68 Å². The van der Waals surface area contributed by atoms with E-state index < -0.39 is 0 Å². The normalized spacial score (nSPS) is 10.5. The summed E-state index contributed by atoms with van der Waals surface area (Å²) in [7, 11) is 1.90. The van der Waals surface area contributed by atoms with E-state index in [1.807, 2.05) is 31.6 Å². The summed E-state index contributed by atoms with van der Waals surface area (Å²) in [6.07, 6.45) is 3.78. The fraction of sp³-hybridized carbons (Fsp3) is 0.182. The summed E-state index contributed by atoms with van der Waals surface area (Å²) in [6.45, 7) is 2.05. The Morgan fingerprint density at radius 1 is 1.36 bits per heavy atom. The third-order valence-corrected chi connectivity index (χ3v) is 2.47. The van der Waals surface area contributed by atoms with Crippen molar-refractivity contribution in [1.29, 1.82) is 0 Å². The highest BCUT2D eigenvalue weighted by atomic mass is 35.5. The Balaban J connectivity index is 2.55. The summed E-state index contributed by atoms with van der Waals surface area (Å²) in [5.41, 5.74) is 3.30. The zero-order valence-electron chi connectivity index (χ0n) is 8.16. The number of benzene rings is 1. The van der Waals surface area contributed by atoms with Crippen LogP contribution in [0.15, 0.2) is 30.6 Å². The van der Waals surface area contributed by atoms with Gasteiger partial charge in [0.1, 0.15) is 0 Å². The van der Waals surface area contributed by atoms with Gasteiger partial charge in [-0.1, -0.05) is 23.2 Å². The summed E-state index contributed by atoms with van der Waals surface area (Å²) >= 11 is 6.10. The summed E-state index contributed by atoms with van der Waals surface area (Å²) < 4.78 is 1.77. The van der Waals surface area contributed by atoms with E-state index in [0.29, 0.717) is 0 Å². The van der Waals surface area contributed by atoms with Crippen molar-refractivity contribution in [1.82, 2.24) is 9.78 Å². The van der Waals surface area contributed by atoms with Crippen molar-refractivity contribution in [3.8, 4) is 11.1 Å². The molecular formula is C11H11ClN2. The maximum atomic E-state index is 6.10. The average molecular weight is 207 g/mol. The smallest absolute Gasteiger partial charge is 0.0568 e. The molecule has 0 atom stereocenters. The van der Waals surface area contributed by atoms with E-state index >= 15 is 0 Å². The highest BCUT2D eigenvalue weighted by molar-refractivity contribution is 6.33. The van der Waals surface area contributed by atoms with Gasteiger partial charge in [-0.25, -0.2) is 0 Å². The van der Waals surface area contributed by atoms with Gasteiger partial charge in [0.2, 0.25) is 0 Å². The minimum atomic E-state index is 0.767. The zero-order chi connectivity index (χ0) is 10.1. The molecule has 2 nitrogen and oxygen atoms in total. The van der Waals surface area contributed by atoms with Crippen LogP contribution in [-0.2, 0) is 7.05 Å². The van der Waals surface area contributed by atoms with Crippen LogP contribution >= 0.6 is 11.6 Å². The Bertz CT molecular complexity index is 460. The molecule has 0 saturated carbocycles. The first-order valence-electron chi connectivity index (χ1n) is 4.42. The van der Waals surface area contributed by atoms with E-state index in [-0.39, 0.29) is 0 Å². The summed E-state index contributed by atoms with van der Waals surface area (Å²) in [4.78, 5) is 0. The Hall–Kier alpha value is -1.28. The molecule has 2 rings (SSSR count). The first-order valence-corrected chi connectivity index (χ1v) is 4.80. The van der Waals surface area contributed by atoms with Crippen molar-refractivity contribution in [2.75, 3.05) is 0 Å². The lowest BCUT2D eigenvalue weighted by Gasteiger charge is -2.01. The molecule has 0 unspecified atom stereocenters. The van der Waals surface area contributed by atoms with E-state index in [0.717, 1.165) is 16.1 Å². The molecule has 0 radical (unpaired) electrons. The Kier molecular flexibility index (Phi) is 2.30. The van der Waals surface area contributed by atoms with Crippen LogP contribution in [0.2, 0.25) is 5.02 Å². The molecule has 2 aromatic rings. The van der Waals surface area contributed by atoms with Crippen LogP contribution < -0.4 is 0 Å². The fourth-order valence-corrected chi connectivity index (χ4v) is 1.65. The molecule has 0 saturated heterocycles. The minimum Gasteiger partial charge on any atom is -0.275 e. The van der Waals surface area contributed by atoms with Gasteiger partial charge < -0.3 is 0 Å². The molecule has 0 aliphatic rings. The van der Waals surface area contributed by atoms with Gasteiger partial charge in [0.25, 0.3) is 0 Å². The van der Waals surface area contributed by atoms with Gasteiger partial charge in [-0.2, -0.15) is 5.10 Å².